The smallest absolute Gasteiger partial charge is 0.870 e. The molecule has 0 bridgehead atoms. The van der Waals surface area contributed by atoms with E-state index < -0.39 is 20.8 Å². The summed E-state index contributed by atoms with van der Waals surface area (Å²) in [6.07, 6.45) is 12.5. The van der Waals surface area contributed by atoms with Gasteiger partial charge >= 0.3 is 29.6 Å². The standard InChI is InChI=1S/C23H32O5S.Na/c1-2-3-4-5-6-7-8-9-10-12-19-13-11-14-20(17-19)28-23-16-15-21(18-22(23)24)29(25,26)27;/h11,13-18,24H,2-10,12H2,1H3,(H,25,26,27);/q;+1/p-1. The molecule has 5 nitrogen and oxygen atoms in total. The van der Waals surface area contributed by atoms with Crippen molar-refractivity contribution in [3.05, 3.63) is 48.0 Å². The fourth-order valence-electron chi connectivity index (χ4n) is 3.26. The number of unbranched alkanes of at least 4 members (excludes halogenated alkanes) is 8. The van der Waals surface area contributed by atoms with Crippen molar-refractivity contribution in [3.8, 4) is 17.2 Å². The molecule has 160 valence electrons. The second-order valence-corrected chi connectivity index (χ2v) is 8.83. The maximum atomic E-state index is 12.0. The topological polar surface area (TPSA) is 86.7 Å². The number of benzene rings is 2. The monoisotopic (exact) mass is 442 g/mol. The number of hydrogen-bond donors (Lipinski definition) is 1. The SMILES string of the molecule is CCCCCCCCCCCc1cccc(Oc2ccc(S(=O)(=O)O)cc2[O-])c1.[Na+]. The van der Waals surface area contributed by atoms with Crippen LogP contribution in [0.4, 0.5) is 0 Å². The molecule has 7 heteroatoms. The normalized spacial score (nSPS) is 11.1. The van der Waals surface area contributed by atoms with Crippen LogP contribution in [0.1, 0.15) is 70.3 Å². The van der Waals surface area contributed by atoms with Gasteiger partial charge in [-0.3, -0.25) is 4.55 Å². The molecule has 1 N–H and O–H groups in total. The Morgan fingerprint density at radius 2 is 1.53 bits per heavy atom. The summed E-state index contributed by atoms with van der Waals surface area (Å²) in [6, 6.07) is 10.9. The molecule has 0 amide bonds. The number of aryl methyl sites for hydroxylation is 1. The van der Waals surface area contributed by atoms with E-state index in [1.165, 1.54) is 57.4 Å². The van der Waals surface area contributed by atoms with Crippen molar-refractivity contribution in [1.82, 2.24) is 0 Å². The zero-order chi connectivity index (χ0) is 21.1. The fraction of sp³-hybridized carbons (Fsp3) is 0.478. The number of hydrogen-bond acceptors (Lipinski definition) is 4. The van der Waals surface area contributed by atoms with E-state index in [0.29, 0.717) is 5.75 Å². The maximum absolute atomic E-state index is 12.0. The molecule has 0 aliphatic heterocycles. The van der Waals surface area contributed by atoms with Gasteiger partial charge in [0.05, 0.1) is 4.90 Å². The first-order valence-electron chi connectivity index (χ1n) is 10.5. The van der Waals surface area contributed by atoms with Crippen LogP contribution in [0, 0.1) is 0 Å². The molecule has 0 aliphatic rings. The van der Waals surface area contributed by atoms with E-state index in [2.05, 4.69) is 6.92 Å². The molecular formula is C23H31NaO5S. The molecule has 0 unspecified atom stereocenters. The molecule has 2 aromatic carbocycles. The fourth-order valence-corrected chi connectivity index (χ4v) is 3.76. The van der Waals surface area contributed by atoms with Crippen LogP contribution < -0.4 is 39.4 Å². The molecule has 0 fully saturated rings. The Bertz CT molecular complexity index is 868. The zero-order valence-electron chi connectivity index (χ0n) is 18.1. The first-order chi connectivity index (χ1) is 13.9. The van der Waals surface area contributed by atoms with Crippen molar-refractivity contribution in [1.29, 1.82) is 0 Å². The summed E-state index contributed by atoms with van der Waals surface area (Å²) in [7, 11) is -4.40. The van der Waals surface area contributed by atoms with Crippen molar-refractivity contribution in [2.24, 2.45) is 0 Å². The molecule has 0 aromatic heterocycles. The largest absolute Gasteiger partial charge is 1.00 e. The minimum Gasteiger partial charge on any atom is -0.870 e. The molecule has 30 heavy (non-hydrogen) atoms. The van der Waals surface area contributed by atoms with Crippen LogP contribution in [0.5, 0.6) is 17.2 Å². The van der Waals surface area contributed by atoms with Gasteiger partial charge in [0.1, 0.15) is 11.5 Å². The third kappa shape index (κ3) is 9.84. The minimum absolute atomic E-state index is 0. The number of rotatable bonds is 13. The number of ether oxygens (including phenoxy) is 1. The van der Waals surface area contributed by atoms with Gasteiger partial charge < -0.3 is 9.84 Å². The van der Waals surface area contributed by atoms with Crippen molar-refractivity contribution in [2.45, 2.75) is 76.0 Å². The summed E-state index contributed by atoms with van der Waals surface area (Å²) in [5, 5.41) is 12.0. The van der Waals surface area contributed by atoms with Crippen LogP contribution in [0.25, 0.3) is 0 Å². The van der Waals surface area contributed by atoms with Gasteiger partial charge in [-0.1, -0.05) is 76.2 Å². The van der Waals surface area contributed by atoms with E-state index >= 15 is 0 Å². The van der Waals surface area contributed by atoms with E-state index in [4.69, 9.17) is 9.29 Å². The Kier molecular flexibility index (Phi) is 12.7. The molecular weight excluding hydrogens is 411 g/mol. The van der Waals surface area contributed by atoms with Gasteiger partial charge in [0.2, 0.25) is 0 Å². The average molecular weight is 443 g/mol. The Balaban J connectivity index is 0.00000450. The summed E-state index contributed by atoms with van der Waals surface area (Å²) in [5.41, 5.74) is 1.15. The van der Waals surface area contributed by atoms with E-state index in [1.807, 2.05) is 18.2 Å². The van der Waals surface area contributed by atoms with Crippen LogP contribution >= 0.6 is 0 Å². The van der Waals surface area contributed by atoms with Crippen LogP contribution in [0.2, 0.25) is 0 Å². The quantitative estimate of drug-likeness (QED) is 0.293. The van der Waals surface area contributed by atoms with Crippen LogP contribution in [0.15, 0.2) is 47.4 Å². The van der Waals surface area contributed by atoms with Gasteiger partial charge in [0.25, 0.3) is 10.1 Å². The summed E-state index contributed by atoms with van der Waals surface area (Å²) in [4.78, 5) is -0.436. The van der Waals surface area contributed by atoms with E-state index in [1.54, 1.807) is 6.07 Å². The third-order valence-electron chi connectivity index (χ3n) is 4.91. The minimum atomic E-state index is -4.40. The predicted molar refractivity (Wildman–Crippen MR) is 113 cm³/mol. The molecule has 2 aromatic rings. The van der Waals surface area contributed by atoms with Crippen molar-refractivity contribution < 1.29 is 52.4 Å². The molecule has 0 aliphatic carbocycles. The predicted octanol–water partition coefficient (Wildman–Crippen LogP) is 2.88. The zero-order valence-corrected chi connectivity index (χ0v) is 20.9. The Hall–Kier alpha value is -1.05. The molecule has 0 saturated carbocycles. The molecule has 0 atom stereocenters. The second kappa shape index (κ2) is 14.1. The second-order valence-electron chi connectivity index (χ2n) is 7.41. The Morgan fingerprint density at radius 3 is 2.13 bits per heavy atom. The van der Waals surface area contributed by atoms with Crippen molar-refractivity contribution >= 4 is 10.1 Å². The molecule has 0 heterocycles. The summed E-state index contributed by atoms with van der Waals surface area (Å²) in [6.45, 7) is 2.24. The molecule has 0 saturated heterocycles. The summed E-state index contributed by atoms with van der Waals surface area (Å²) < 4.78 is 36.8. The summed E-state index contributed by atoms with van der Waals surface area (Å²) in [5.74, 6) is -0.0304. The van der Waals surface area contributed by atoms with Crippen molar-refractivity contribution in [2.75, 3.05) is 0 Å². The van der Waals surface area contributed by atoms with Gasteiger partial charge in [-0.2, -0.15) is 8.42 Å². The summed E-state index contributed by atoms with van der Waals surface area (Å²) >= 11 is 0. The Labute approximate surface area is 202 Å². The van der Waals surface area contributed by atoms with E-state index in [-0.39, 0.29) is 35.3 Å². The molecule has 0 radical (unpaired) electrons. The van der Waals surface area contributed by atoms with Gasteiger partial charge in [-0.15, -0.1) is 0 Å². The van der Waals surface area contributed by atoms with Gasteiger partial charge in [-0.05, 0) is 48.7 Å². The van der Waals surface area contributed by atoms with Crippen LogP contribution in [-0.2, 0) is 16.5 Å². The van der Waals surface area contributed by atoms with Crippen molar-refractivity contribution in [3.63, 3.8) is 0 Å². The van der Waals surface area contributed by atoms with Crippen LogP contribution in [-0.4, -0.2) is 13.0 Å². The van der Waals surface area contributed by atoms with E-state index in [0.717, 1.165) is 30.5 Å². The van der Waals surface area contributed by atoms with Gasteiger partial charge in [-0.25, -0.2) is 0 Å². The first-order valence-corrected chi connectivity index (χ1v) is 11.9. The Morgan fingerprint density at radius 1 is 0.900 bits per heavy atom. The third-order valence-corrected chi connectivity index (χ3v) is 5.76. The van der Waals surface area contributed by atoms with Crippen LogP contribution in [0.3, 0.4) is 0 Å². The van der Waals surface area contributed by atoms with E-state index in [9.17, 15) is 13.5 Å². The molecule has 2 rings (SSSR count). The maximum Gasteiger partial charge on any atom is 1.00 e. The van der Waals surface area contributed by atoms with Gasteiger partial charge in [0, 0.05) is 0 Å². The van der Waals surface area contributed by atoms with Gasteiger partial charge in [0.15, 0.2) is 0 Å². The average Bonchev–Trinajstić information content (AvgIpc) is 2.68. The molecule has 0 spiro atoms. The first kappa shape index (κ1) is 27.0.